The molecule has 3 aromatic carbocycles. The van der Waals surface area contributed by atoms with Crippen molar-refractivity contribution < 1.29 is 14.7 Å². The van der Waals surface area contributed by atoms with Crippen molar-refractivity contribution in [2.24, 2.45) is 7.05 Å². The van der Waals surface area contributed by atoms with Crippen LogP contribution in [0.3, 0.4) is 0 Å². The highest BCUT2D eigenvalue weighted by Gasteiger charge is 2.46. The number of aryl methyl sites for hydroxylation is 1. The number of rotatable bonds is 6. The zero-order chi connectivity index (χ0) is 25.0. The molecule has 1 saturated carbocycles. The van der Waals surface area contributed by atoms with E-state index in [1.807, 2.05) is 48.3 Å². The number of nitrogens with one attached hydrogen (secondary N) is 1. The molecule has 1 aliphatic rings. The lowest BCUT2D eigenvalue weighted by Gasteiger charge is -2.19. The van der Waals surface area contributed by atoms with E-state index in [9.17, 15) is 14.7 Å². The molecule has 0 aliphatic heterocycles. The summed E-state index contributed by atoms with van der Waals surface area (Å²) >= 11 is 6.05. The van der Waals surface area contributed by atoms with Crippen LogP contribution in [0.5, 0.6) is 0 Å². The van der Waals surface area contributed by atoms with E-state index in [-0.39, 0.29) is 11.5 Å². The molecule has 0 spiro atoms. The highest BCUT2D eigenvalue weighted by atomic mass is 35.5. The Morgan fingerprint density at radius 3 is 2.50 bits per heavy atom. The van der Waals surface area contributed by atoms with Gasteiger partial charge in [0.05, 0.1) is 34.9 Å². The van der Waals surface area contributed by atoms with Crippen molar-refractivity contribution >= 4 is 45.3 Å². The minimum Gasteiger partial charge on any atom is -0.478 e. The minimum atomic E-state index is -0.975. The van der Waals surface area contributed by atoms with E-state index in [2.05, 4.69) is 15.5 Å². The van der Waals surface area contributed by atoms with E-state index in [0.29, 0.717) is 22.6 Å². The van der Waals surface area contributed by atoms with Crippen LogP contribution in [0.15, 0.2) is 67.0 Å². The first-order chi connectivity index (χ1) is 17.3. The summed E-state index contributed by atoms with van der Waals surface area (Å²) in [5.74, 6) is -1.18. The number of hydrogen-bond donors (Lipinski definition) is 2. The number of fused-ring (bicyclic) bond motifs is 3. The molecular formula is C27H22ClN5O3. The second-order valence-corrected chi connectivity index (χ2v) is 9.71. The Labute approximate surface area is 211 Å². The molecule has 5 aromatic rings. The molecule has 0 bridgehead atoms. The molecule has 180 valence electrons. The Morgan fingerprint density at radius 2 is 1.83 bits per heavy atom. The third-order valence-corrected chi connectivity index (χ3v) is 7.04. The maximum absolute atomic E-state index is 13.8. The largest absolute Gasteiger partial charge is 0.478 e. The van der Waals surface area contributed by atoms with Gasteiger partial charge in [0.15, 0.2) is 0 Å². The van der Waals surface area contributed by atoms with Gasteiger partial charge in [-0.3, -0.25) is 14.2 Å². The fraction of sp³-hybridized carbons (Fsp3) is 0.185. The summed E-state index contributed by atoms with van der Waals surface area (Å²) in [5.41, 5.74) is 3.64. The van der Waals surface area contributed by atoms with Crippen LogP contribution in [0.1, 0.15) is 44.7 Å². The van der Waals surface area contributed by atoms with Gasteiger partial charge in [0.25, 0.3) is 5.91 Å². The van der Waals surface area contributed by atoms with E-state index < -0.39 is 11.5 Å². The van der Waals surface area contributed by atoms with Gasteiger partial charge in [0.1, 0.15) is 5.52 Å². The Hall–Kier alpha value is -4.17. The number of aromatic nitrogens is 4. The first-order valence-electron chi connectivity index (χ1n) is 11.6. The number of hydrogen-bond acceptors (Lipinski definition) is 4. The number of nitrogens with zero attached hydrogens (tertiary/aromatic N) is 4. The summed E-state index contributed by atoms with van der Waals surface area (Å²) in [6.45, 7) is 0.473. The van der Waals surface area contributed by atoms with Crippen LogP contribution < -0.4 is 5.32 Å². The number of carbonyl (C=O) groups is 2. The maximum Gasteiger partial charge on any atom is 0.335 e. The van der Waals surface area contributed by atoms with Gasteiger partial charge >= 0.3 is 5.97 Å². The normalized spacial score (nSPS) is 14.3. The topological polar surface area (TPSA) is 102 Å². The van der Waals surface area contributed by atoms with Gasteiger partial charge in [0, 0.05) is 29.0 Å². The fourth-order valence-corrected chi connectivity index (χ4v) is 4.90. The fourth-order valence-electron chi connectivity index (χ4n) is 4.77. The predicted molar refractivity (Wildman–Crippen MR) is 136 cm³/mol. The SMILES string of the molecule is Cn1cc2cc(C(=O)NC3(c4ccc(C(=O)O)cc4)CC3)c3c(cnn3Cc3ccc(Cl)cc3)c2n1. The Bertz CT molecular complexity index is 1650. The molecule has 0 radical (unpaired) electrons. The Balaban J connectivity index is 1.41. The first kappa shape index (κ1) is 22.3. The molecule has 6 rings (SSSR count). The maximum atomic E-state index is 13.8. The molecule has 0 unspecified atom stereocenters. The number of carboxylic acids is 1. The number of amides is 1. The van der Waals surface area contributed by atoms with Crippen LogP contribution in [0, 0.1) is 0 Å². The zero-order valence-corrected chi connectivity index (χ0v) is 20.2. The number of benzene rings is 3. The minimum absolute atomic E-state index is 0.205. The van der Waals surface area contributed by atoms with Crippen LogP contribution in [-0.2, 0) is 19.1 Å². The van der Waals surface area contributed by atoms with Crippen LogP contribution in [-0.4, -0.2) is 36.5 Å². The zero-order valence-electron chi connectivity index (χ0n) is 19.4. The molecule has 8 nitrogen and oxygen atoms in total. The van der Waals surface area contributed by atoms with Crippen molar-refractivity contribution in [1.82, 2.24) is 24.9 Å². The van der Waals surface area contributed by atoms with Gasteiger partial charge in [-0.15, -0.1) is 0 Å². The lowest BCUT2D eigenvalue weighted by atomic mass is 10.0. The summed E-state index contributed by atoms with van der Waals surface area (Å²) in [6, 6.07) is 16.1. The van der Waals surface area contributed by atoms with Crippen LogP contribution in [0.4, 0.5) is 0 Å². The lowest BCUT2D eigenvalue weighted by molar-refractivity contribution is 0.0696. The molecule has 2 aromatic heterocycles. The summed E-state index contributed by atoms with van der Waals surface area (Å²) in [6.07, 6.45) is 5.22. The standard InChI is InChI=1S/C27H22ClN5O3/c1-32-15-18-12-21(25(34)30-27(10-11-27)19-6-4-17(5-7-19)26(35)36)24-22(23(18)31-32)13-29-33(24)14-16-2-8-20(28)9-3-16/h2-9,12-13,15H,10-11,14H2,1H3,(H,30,34)(H,35,36). The summed E-state index contributed by atoms with van der Waals surface area (Å²) in [7, 11) is 1.85. The second kappa shape index (κ2) is 8.20. The van der Waals surface area contributed by atoms with Crippen molar-refractivity contribution in [2.45, 2.75) is 24.9 Å². The highest BCUT2D eigenvalue weighted by Crippen LogP contribution is 2.46. The second-order valence-electron chi connectivity index (χ2n) is 9.27. The molecule has 0 atom stereocenters. The quantitative estimate of drug-likeness (QED) is 0.351. The number of carboxylic acid groups (broad SMARTS) is 1. The van der Waals surface area contributed by atoms with E-state index in [4.69, 9.17) is 11.6 Å². The van der Waals surface area contributed by atoms with Crippen molar-refractivity contribution in [2.75, 3.05) is 0 Å². The van der Waals surface area contributed by atoms with Gasteiger partial charge in [-0.05, 0) is 54.3 Å². The van der Waals surface area contributed by atoms with Gasteiger partial charge in [-0.2, -0.15) is 10.2 Å². The summed E-state index contributed by atoms with van der Waals surface area (Å²) in [4.78, 5) is 25.0. The smallest absolute Gasteiger partial charge is 0.335 e. The molecule has 2 N–H and O–H groups in total. The average molecular weight is 500 g/mol. The third kappa shape index (κ3) is 3.79. The van der Waals surface area contributed by atoms with E-state index in [1.54, 1.807) is 35.1 Å². The number of halogens is 1. The van der Waals surface area contributed by atoms with Gasteiger partial charge < -0.3 is 10.4 Å². The highest BCUT2D eigenvalue weighted by molar-refractivity contribution is 6.30. The van der Waals surface area contributed by atoms with Gasteiger partial charge in [-0.1, -0.05) is 35.9 Å². The molecule has 1 aliphatic carbocycles. The van der Waals surface area contributed by atoms with E-state index >= 15 is 0 Å². The number of aromatic carboxylic acids is 1. The van der Waals surface area contributed by atoms with Gasteiger partial charge in [0.2, 0.25) is 0 Å². The molecule has 1 fully saturated rings. The Kier molecular flexibility index (Phi) is 5.08. The average Bonchev–Trinajstić information content (AvgIpc) is 3.36. The van der Waals surface area contributed by atoms with Crippen molar-refractivity contribution in [1.29, 1.82) is 0 Å². The van der Waals surface area contributed by atoms with Crippen LogP contribution in [0.25, 0.3) is 21.8 Å². The molecule has 2 heterocycles. The summed E-state index contributed by atoms with van der Waals surface area (Å²) < 4.78 is 3.55. The number of carbonyl (C=O) groups excluding carboxylic acids is 1. The third-order valence-electron chi connectivity index (χ3n) is 6.78. The molecular weight excluding hydrogens is 478 g/mol. The molecule has 9 heteroatoms. The Morgan fingerprint density at radius 1 is 1.11 bits per heavy atom. The first-order valence-corrected chi connectivity index (χ1v) is 11.9. The predicted octanol–water partition coefficient (Wildman–Crippen LogP) is 4.74. The van der Waals surface area contributed by atoms with Crippen molar-refractivity contribution in [3.8, 4) is 0 Å². The molecule has 0 saturated heterocycles. The van der Waals surface area contributed by atoms with Crippen LogP contribution in [0.2, 0.25) is 5.02 Å². The van der Waals surface area contributed by atoms with Crippen molar-refractivity contribution in [3.63, 3.8) is 0 Å². The van der Waals surface area contributed by atoms with Crippen LogP contribution >= 0.6 is 11.6 Å². The lowest BCUT2D eigenvalue weighted by Crippen LogP contribution is -2.35. The van der Waals surface area contributed by atoms with E-state index in [0.717, 1.165) is 40.3 Å². The van der Waals surface area contributed by atoms with Crippen molar-refractivity contribution in [3.05, 3.63) is 94.3 Å². The van der Waals surface area contributed by atoms with E-state index in [1.165, 1.54) is 0 Å². The molecule has 1 amide bonds. The monoisotopic (exact) mass is 499 g/mol. The summed E-state index contributed by atoms with van der Waals surface area (Å²) in [5, 5.41) is 24.0. The van der Waals surface area contributed by atoms with Gasteiger partial charge in [-0.25, -0.2) is 4.79 Å². The molecule has 36 heavy (non-hydrogen) atoms.